The van der Waals surface area contributed by atoms with Crippen LogP contribution in [-0.2, 0) is 66.4 Å². The minimum absolute atomic E-state index is 0.0174. The lowest BCUT2D eigenvalue weighted by atomic mass is 9.44. The quantitative estimate of drug-likeness (QED) is 0.112. The minimum Gasteiger partial charge on any atom is -0.458 e. The van der Waals surface area contributed by atoms with E-state index in [1.165, 1.54) is 19.8 Å². The van der Waals surface area contributed by atoms with Crippen molar-refractivity contribution in [1.82, 2.24) is 0 Å². The maximum Gasteiger partial charge on any atom is 0.333 e. The van der Waals surface area contributed by atoms with Gasteiger partial charge in [0.1, 0.15) is 48.5 Å². The lowest BCUT2D eigenvalue weighted by molar-refractivity contribution is -0.363. The molecule has 71 heavy (non-hydrogen) atoms. The van der Waals surface area contributed by atoms with Crippen LogP contribution in [0.5, 0.6) is 0 Å². The van der Waals surface area contributed by atoms with Crippen molar-refractivity contribution in [3.8, 4) is 0 Å². The van der Waals surface area contributed by atoms with Gasteiger partial charge in [0.2, 0.25) is 0 Å². The summed E-state index contributed by atoms with van der Waals surface area (Å²) in [5.41, 5.74) is -0.153. The van der Waals surface area contributed by atoms with Crippen molar-refractivity contribution >= 4 is 11.8 Å². The maximum absolute atomic E-state index is 13.7. The highest BCUT2D eigenvalue weighted by atomic mass is 16.8. The molecular weight excluding hydrogens is 921 g/mol. The second kappa shape index (κ2) is 22.0. The van der Waals surface area contributed by atoms with Crippen molar-refractivity contribution in [3.63, 3.8) is 0 Å². The summed E-state index contributed by atoms with van der Waals surface area (Å²) < 4.78 is 75.3. The third-order valence-corrected chi connectivity index (χ3v) is 19.2. The molecule has 8 rings (SSSR count). The van der Waals surface area contributed by atoms with Crippen molar-refractivity contribution in [2.75, 3.05) is 28.4 Å². The molecule has 4 saturated heterocycles. The molecule has 0 aromatic rings. The Morgan fingerprint density at radius 3 is 1.94 bits per heavy atom. The number of methoxy groups -OCH3 is 4. The zero-order valence-corrected chi connectivity index (χ0v) is 44.5. The highest BCUT2D eigenvalue weighted by Crippen LogP contribution is 2.69. The van der Waals surface area contributed by atoms with E-state index in [0.717, 1.165) is 25.7 Å². The predicted octanol–water partition coefficient (Wildman–Crippen LogP) is 5.50. The third-order valence-electron chi connectivity index (χ3n) is 19.2. The molecule has 404 valence electrons. The van der Waals surface area contributed by atoms with Crippen LogP contribution in [0.15, 0.2) is 23.3 Å². The molecule has 4 aliphatic carbocycles. The molecule has 17 nitrogen and oxygen atoms in total. The first-order valence-corrected chi connectivity index (χ1v) is 26.5. The molecule has 7 fully saturated rings. The Bertz CT molecular complexity index is 1930. The van der Waals surface area contributed by atoms with Gasteiger partial charge in [-0.15, -0.1) is 0 Å². The fourth-order valence-corrected chi connectivity index (χ4v) is 14.9. The van der Waals surface area contributed by atoms with E-state index in [9.17, 15) is 24.9 Å². The summed E-state index contributed by atoms with van der Waals surface area (Å²) in [6.07, 6.45) is -1.02. The van der Waals surface area contributed by atoms with E-state index in [0.29, 0.717) is 44.1 Å². The number of rotatable bonds is 14. The number of Topliss-reactive ketones (excluding diaryl/α,β-unsaturated/α-hetero) is 1. The number of allylic oxidation sites excluding steroid dienone is 2. The monoisotopic (exact) mass is 1010 g/mol. The number of ketones is 1. The smallest absolute Gasteiger partial charge is 0.333 e. The van der Waals surface area contributed by atoms with Gasteiger partial charge in [0.05, 0.1) is 54.4 Å². The van der Waals surface area contributed by atoms with Crippen molar-refractivity contribution < 1.29 is 81.8 Å². The van der Waals surface area contributed by atoms with Crippen LogP contribution in [0.4, 0.5) is 0 Å². The lowest BCUT2D eigenvalue weighted by Gasteiger charge is -2.62. The van der Waals surface area contributed by atoms with Gasteiger partial charge >= 0.3 is 5.97 Å². The predicted molar refractivity (Wildman–Crippen MR) is 257 cm³/mol. The van der Waals surface area contributed by atoms with Crippen LogP contribution < -0.4 is 0 Å². The molecule has 0 bridgehead atoms. The summed E-state index contributed by atoms with van der Waals surface area (Å²) in [5.74, 6) is -0.279. The number of fused-ring (bicyclic) bond motifs is 5. The van der Waals surface area contributed by atoms with Gasteiger partial charge in [-0.1, -0.05) is 31.6 Å². The Labute approximate surface area is 421 Å². The SMILES string of the molecule is C/C=C(\C)C(=O)O[C@@H]1C[C@H]([C@H]2C[C@H](OC)[C@H](O[C@H]3C[C@H](OC)[C@H](O[C@@H]4O[C@H](C)[C@@H](O[C@H]5C[C@@H](OC)[C@H](O)[C@@H](C)O5)[C@H](OC)[C@H]4O)[C@@H](C)O3)[C@@H](C)O2)CC2=CC[C@@H]3[C@H](CC[C@]4(C)[C@H](C(C)=O)CC[C@]34O)[C@]21C. The molecule has 0 aromatic carbocycles. The van der Waals surface area contributed by atoms with Gasteiger partial charge in [0.15, 0.2) is 18.9 Å². The molecule has 0 radical (unpaired) electrons. The van der Waals surface area contributed by atoms with E-state index in [-0.39, 0.29) is 53.7 Å². The van der Waals surface area contributed by atoms with Crippen LogP contribution in [0.25, 0.3) is 0 Å². The van der Waals surface area contributed by atoms with E-state index in [2.05, 4.69) is 19.9 Å². The number of hydrogen-bond donors (Lipinski definition) is 3. The molecule has 4 aliphatic heterocycles. The Morgan fingerprint density at radius 1 is 0.690 bits per heavy atom. The van der Waals surface area contributed by atoms with Crippen LogP contribution in [0.1, 0.15) is 127 Å². The summed E-state index contributed by atoms with van der Waals surface area (Å²) in [4.78, 5) is 26.6. The molecule has 8 aliphatic rings. The van der Waals surface area contributed by atoms with Crippen molar-refractivity contribution in [1.29, 1.82) is 0 Å². The summed E-state index contributed by atoms with van der Waals surface area (Å²) in [7, 11) is 6.33. The van der Waals surface area contributed by atoms with Gasteiger partial charge < -0.3 is 72.2 Å². The van der Waals surface area contributed by atoms with Gasteiger partial charge in [0.25, 0.3) is 0 Å². The number of aliphatic hydroxyl groups excluding tert-OH is 2. The van der Waals surface area contributed by atoms with Crippen molar-refractivity contribution in [2.45, 2.75) is 243 Å². The molecule has 0 amide bonds. The normalized spacial score (nSPS) is 50.3. The molecule has 0 spiro atoms. The van der Waals surface area contributed by atoms with E-state index in [4.69, 9.17) is 56.8 Å². The molecule has 17 heteroatoms. The number of ether oxygens (including phenoxy) is 12. The van der Waals surface area contributed by atoms with E-state index in [1.807, 2.05) is 27.7 Å². The van der Waals surface area contributed by atoms with Crippen molar-refractivity contribution in [3.05, 3.63) is 23.3 Å². The second-order valence-electron chi connectivity index (χ2n) is 22.8. The standard InChI is InChI=1S/C54H86O17/c1-14-26(2)50(58)68-41-22-32(21-33-15-16-36-35(53(33,41)9)17-19-52(8)34(27(3)55)18-20-54(36,52)59)37-23-39(61-11)46(29(5)64-37)69-43-25-40(62-12)47(30(6)66-43)71-51-45(57)49(63-13)48(31(7)67-51)70-42-24-38(60-10)44(56)28(4)65-42/h14-15,28-32,34-49,51,56-57,59H,16-25H2,1-13H3/b26-14+/t28-,29-,30-,31-,32-,34+,35+,36-,37-,38-,39+,40+,41-,42+,43+,44-,45-,46-,47-,48-,49-,51+,52-,53+,54+/m1/s1. The number of hydrogen-bond acceptors (Lipinski definition) is 17. The third kappa shape index (κ3) is 10.0. The first kappa shape index (κ1) is 55.3. The van der Waals surface area contributed by atoms with E-state index < -0.39 is 109 Å². The summed E-state index contributed by atoms with van der Waals surface area (Å²) in [6.45, 7) is 17.1. The van der Waals surface area contributed by atoms with Crippen molar-refractivity contribution in [2.24, 2.45) is 34.5 Å². The van der Waals surface area contributed by atoms with Gasteiger partial charge in [-0.05, 0) is 111 Å². The molecule has 0 unspecified atom stereocenters. The van der Waals surface area contributed by atoms with E-state index in [1.54, 1.807) is 41.1 Å². The molecule has 25 atom stereocenters. The number of esters is 1. The molecular formula is C54H86O17. The number of carbonyl (C=O) groups is 2. The highest BCUT2D eigenvalue weighted by Gasteiger charge is 2.69. The average molecular weight is 1010 g/mol. The average Bonchev–Trinajstić information content (AvgIpc) is 3.63. The van der Waals surface area contributed by atoms with Gasteiger partial charge in [-0.3, -0.25) is 4.79 Å². The first-order valence-electron chi connectivity index (χ1n) is 26.5. The largest absolute Gasteiger partial charge is 0.458 e. The molecule has 3 saturated carbocycles. The zero-order valence-electron chi connectivity index (χ0n) is 44.5. The van der Waals surface area contributed by atoms with Crippen LogP contribution in [0.3, 0.4) is 0 Å². The summed E-state index contributed by atoms with van der Waals surface area (Å²) in [5, 5.41) is 34.8. The van der Waals surface area contributed by atoms with E-state index >= 15 is 0 Å². The maximum atomic E-state index is 13.7. The van der Waals surface area contributed by atoms with Crippen LogP contribution >= 0.6 is 0 Å². The van der Waals surface area contributed by atoms with Crippen LogP contribution in [-0.4, -0.2) is 172 Å². The zero-order chi connectivity index (χ0) is 51.5. The first-order chi connectivity index (χ1) is 33.7. The van der Waals surface area contributed by atoms with Crippen LogP contribution in [0, 0.1) is 34.5 Å². The van der Waals surface area contributed by atoms with Crippen LogP contribution in [0.2, 0.25) is 0 Å². The fourth-order valence-electron chi connectivity index (χ4n) is 14.9. The fraction of sp³-hybridized carbons (Fsp3) is 0.889. The summed E-state index contributed by atoms with van der Waals surface area (Å²) in [6, 6.07) is 0. The molecule has 3 N–H and O–H groups in total. The summed E-state index contributed by atoms with van der Waals surface area (Å²) >= 11 is 0. The molecule has 4 heterocycles. The minimum atomic E-state index is -1.24. The van der Waals surface area contributed by atoms with Gasteiger partial charge in [-0.25, -0.2) is 4.79 Å². The van der Waals surface area contributed by atoms with Gasteiger partial charge in [0, 0.05) is 70.0 Å². The Balaban J connectivity index is 0.920. The van der Waals surface area contributed by atoms with Gasteiger partial charge in [-0.2, -0.15) is 0 Å². The second-order valence-corrected chi connectivity index (χ2v) is 22.8. The Kier molecular flexibility index (Phi) is 17.1. The number of aliphatic hydroxyl groups is 3. The molecule has 0 aromatic heterocycles. The lowest BCUT2D eigenvalue weighted by Crippen LogP contribution is -2.63. The Hall–Kier alpha value is -1.94. The number of carbonyl (C=O) groups excluding carboxylic acids is 2. The highest BCUT2D eigenvalue weighted by molar-refractivity contribution is 5.87. The Morgan fingerprint density at radius 2 is 1.30 bits per heavy atom. The topological polar surface area (TPSA) is 206 Å².